The molecule has 0 atom stereocenters. The molecule has 3 amide bonds. The molecule has 0 aliphatic carbocycles. The minimum Gasteiger partial charge on any atom is -0.494 e. The van der Waals surface area contributed by atoms with E-state index in [0.29, 0.717) is 25.3 Å². The number of nitrogens with one attached hydrogen (secondary N) is 1. The van der Waals surface area contributed by atoms with Crippen molar-refractivity contribution in [3.63, 3.8) is 0 Å². The zero-order chi connectivity index (χ0) is 16.8. The molecule has 23 heavy (non-hydrogen) atoms. The van der Waals surface area contributed by atoms with Crippen molar-refractivity contribution in [2.45, 2.75) is 25.8 Å². The maximum atomic E-state index is 12.3. The number of urea groups is 1. The van der Waals surface area contributed by atoms with Gasteiger partial charge in [-0.3, -0.25) is 4.79 Å². The van der Waals surface area contributed by atoms with E-state index in [2.05, 4.69) is 5.32 Å². The van der Waals surface area contributed by atoms with Crippen LogP contribution in [0.15, 0.2) is 24.3 Å². The first-order valence-corrected chi connectivity index (χ1v) is 8.01. The number of hydrogen-bond acceptors (Lipinski definition) is 3. The second-order valence-corrected chi connectivity index (χ2v) is 5.87. The van der Waals surface area contributed by atoms with E-state index in [1.807, 2.05) is 11.8 Å². The third-order valence-electron chi connectivity index (χ3n) is 3.91. The number of amides is 3. The highest BCUT2D eigenvalue weighted by atomic mass is 16.5. The summed E-state index contributed by atoms with van der Waals surface area (Å²) in [6.07, 6.45) is 1.56. The maximum Gasteiger partial charge on any atom is 0.319 e. The van der Waals surface area contributed by atoms with Crippen LogP contribution in [0.4, 0.5) is 4.79 Å². The molecule has 0 aromatic heterocycles. The molecule has 0 saturated carbocycles. The van der Waals surface area contributed by atoms with Gasteiger partial charge in [0.25, 0.3) is 5.91 Å². The van der Waals surface area contributed by atoms with Crippen LogP contribution in [0.5, 0.6) is 5.75 Å². The summed E-state index contributed by atoms with van der Waals surface area (Å²) in [4.78, 5) is 27.6. The van der Waals surface area contributed by atoms with Gasteiger partial charge in [-0.1, -0.05) is 0 Å². The van der Waals surface area contributed by atoms with E-state index < -0.39 is 0 Å². The minimum absolute atomic E-state index is 0.0290. The van der Waals surface area contributed by atoms with Gasteiger partial charge in [0.2, 0.25) is 0 Å². The summed E-state index contributed by atoms with van der Waals surface area (Å²) < 4.78 is 5.37. The van der Waals surface area contributed by atoms with Crippen LogP contribution >= 0.6 is 0 Å². The number of benzene rings is 1. The fraction of sp³-hybridized carbons (Fsp3) is 0.529. The standard InChI is InChI=1S/C17H25N3O3/c1-4-23-15-7-5-13(6-8-15)16(21)18-14-9-11-20(12-10-14)17(22)19(2)3/h5-8,14H,4,9-12H2,1-3H3,(H,18,21). The van der Waals surface area contributed by atoms with E-state index in [0.717, 1.165) is 18.6 Å². The highest BCUT2D eigenvalue weighted by molar-refractivity contribution is 5.94. The lowest BCUT2D eigenvalue weighted by atomic mass is 10.0. The highest BCUT2D eigenvalue weighted by Crippen LogP contribution is 2.15. The Bertz CT molecular complexity index is 535. The first-order chi connectivity index (χ1) is 11.0. The SMILES string of the molecule is CCOc1ccc(C(=O)NC2CCN(C(=O)N(C)C)CC2)cc1. The Morgan fingerprint density at radius 1 is 1.22 bits per heavy atom. The van der Waals surface area contributed by atoms with Gasteiger partial charge in [0.1, 0.15) is 5.75 Å². The largest absolute Gasteiger partial charge is 0.494 e. The molecule has 1 aromatic carbocycles. The van der Waals surface area contributed by atoms with Crippen LogP contribution in [0.3, 0.4) is 0 Å². The van der Waals surface area contributed by atoms with Gasteiger partial charge in [-0.2, -0.15) is 0 Å². The minimum atomic E-state index is -0.0783. The van der Waals surface area contributed by atoms with Gasteiger partial charge < -0.3 is 19.9 Å². The summed E-state index contributed by atoms with van der Waals surface area (Å²) in [5.74, 6) is 0.685. The average Bonchev–Trinajstić information content (AvgIpc) is 2.55. The van der Waals surface area contributed by atoms with Crippen LogP contribution in [0.25, 0.3) is 0 Å². The Hall–Kier alpha value is -2.24. The average molecular weight is 319 g/mol. The van der Waals surface area contributed by atoms with Crippen molar-refractivity contribution in [2.24, 2.45) is 0 Å². The zero-order valence-corrected chi connectivity index (χ0v) is 14.0. The first kappa shape index (κ1) is 17.1. The molecule has 1 aromatic rings. The molecule has 0 radical (unpaired) electrons. The molecule has 0 bridgehead atoms. The van der Waals surface area contributed by atoms with Gasteiger partial charge in [-0.15, -0.1) is 0 Å². The molecular weight excluding hydrogens is 294 g/mol. The monoisotopic (exact) mass is 319 g/mol. The second kappa shape index (κ2) is 7.85. The summed E-state index contributed by atoms with van der Waals surface area (Å²) in [6, 6.07) is 7.28. The number of likely N-dealkylation sites (tertiary alicyclic amines) is 1. The van der Waals surface area contributed by atoms with Crippen molar-refractivity contribution in [1.82, 2.24) is 15.1 Å². The van der Waals surface area contributed by atoms with Crippen LogP contribution in [0, 0.1) is 0 Å². The van der Waals surface area contributed by atoms with E-state index in [9.17, 15) is 9.59 Å². The number of nitrogens with zero attached hydrogens (tertiary/aromatic N) is 2. The van der Waals surface area contributed by atoms with Crippen LogP contribution < -0.4 is 10.1 Å². The Morgan fingerprint density at radius 3 is 2.35 bits per heavy atom. The topological polar surface area (TPSA) is 61.9 Å². The molecule has 6 heteroatoms. The number of carbonyl (C=O) groups is 2. The number of piperidine rings is 1. The van der Waals surface area contributed by atoms with Crippen molar-refractivity contribution in [1.29, 1.82) is 0 Å². The molecule has 1 saturated heterocycles. The Morgan fingerprint density at radius 2 is 1.83 bits per heavy atom. The molecular formula is C17H25N3O3. The molecule has 0 unspecified atom stereocenters. The van der Waals surface area contributed by atoms with Gasteiger partial charge >= 0.3 is 6.03 Å². The van der Waals surface area contributed by atoms with Gasteiger partial charge in [-0.25, -0.2) is 4.79 Å². The fourth-order valence-corrected chi connectivity index (χ4v) is 2.64. The van der Waals surface area contributed by atoms with Gasteiger partial charge in [-0.05, 0) is 44.0 Å². The zero-order valence-electron chi connectivity index (χ0n) is 14.0. The van der Waals surface area contributed by atoms with Crippen molar-refractivity contribution < 1.29 is 14.3 Å². The molecule has 0 spiro atoms. The molecule has 1 fully saturated rings. The van der Waals surface area contributed by atoms with E-state index >= 15 is 0 Å². The van der Waals surface area contributed by atoms with Crippen molar-refractivity contribution in [3.05, 3.63) is 29.8 Å². The summed E-state index contributed by atoms with van der Waals surface area (Å²) in [7, 11) is 3.50. The fourth-order valence-electron chi connectivity index (χ4n) is 2.64. The van der Waals surface area contributed by atoms with Crippen LogP contribution in [-0.2, 0) is 0 Å². The molecule has 2 rings (SSSR count). The predicted molar refractivity (Wildman–Crippen MR) is 88.8 cm³/mol. The molecule has 1 heterocycles. The number of hydrogen-bond donors (Lipinski definition) is 1. The third kappa shape index (κ3) is 4.61. The van der Waals surface area contributed by atoms with Crippen LogP contribution in [0.1, 0.15) is 30.1 Å². The number of rotatable bonds is 4. The Kier molecular flexibility index (Phi) is 5.84. The lowest BCUT2D eigenvalue weighted by Gasteiger charge is -2.33. The molecule has 6 nitrogen and oxygen atoms in total. The van der Waals surface area contributed by atoms with Crippen LogP contribution in [0.2, 0.25) is 0 Å². The summed E-state index contributed by atoms with van der Waals surface area (Å²) >= 11 is 0. The van der Waals surface area contributed by atoms with Crippen molar-refractivity contribution in [2.75, 3.05) is 33.8 Å². The highest BCUT2D eigenvalue weighted by Gasteiger charge is 2.24. The molecule has 126 valence electrons. The lowest BCUT2D eigenvalue weighted by Crippen LogP contribution is -2.49. The molecule has 1 aliphatic heterocycles. The third-order valence-corrected chi connectivity index (χ3v) is 3.91. The van der Waals surface area contributed by atoms with Crippen LogP contribution in [-0.4, -0.2) is 61.6 Å². The first-order valence-electron chi connectivity index (χ1n) is 8.01. The van der Waals surface area contributed by atoms with E-state index in [4.69, 9.17) is 4.74 Å². The summed E-state index contributed by atoms with van der Waals surface area (Å²) in [6.45, 7) is 3.88. The van der Waals surface area contributed by atoms with Crippen molar-refractivity contribution >= 4 is 11.9 Å². The van der Waals surface area contributed by atoms with Gasteiger partial charge in [0, 0.05) is 38.8 Å². The normalized spacial score (nSPS) is 15.2. The Balaban J connectivity index is 1.83. The van der Waals surface area contributed by atoms with E-state index in [1.54, 1.807) is 43.3 Å². The molecule has 1 aliphatic rings. The van der Waals surface area contributed by atoms with E-state index in [-0.39, 0.29) is 18.0 Å². The summed E-state index contributed by atoms with van der Waals surface area (Å²) in [5.41, 5.74) is 0.625. The molecule has 1 N–H and O–H groups in total. The summed E-state index contributed by atoms with van der Waals surface area (Å²) in [5, 5.41) is 3.04. The second-order valence-electron chi connectivity index (χ2n) is 5.87. The van der Waals surface area contributed by atoms with Gasteiger partial charge in [0.15, 0.2) is 0 Å². The quantitative estimate of drug-likeness (QED) is 0.923. The number of carbonyl (C=O) groups excluding carboxylic acids is 2. The number of ether oxygens (including phenoxy) is 1. The maximum absolute atomic E-state index is 12.3. The Labute approximate surface area is 137 Å². The lowest BCUT2D eigenvalue weighted by molar-refractivity contribution is 0.0914. The predicted octanol–water partition coefficient (Wildman–Crippen LogP) is 1.96. The van der Waals surface area contributed by atoms with E-state index in [1.165, 1.54) is 0 Å². The smallest absolute Gasteiger partial charge is 0.319 e. The van der Waals surface area contributed by atoms with Gasteiger partial charge in [0.05, 0.1) is 6.61 Å². The van der Waals surface area contributed by atoms with Crippen molar-refractivity contribution in [3.8, 4) is 5.75 Å².